The van der Waals surface area contributed by atoms with Crippen molar-refractivity contribution < 1.29 is 4.79 Å². The summed E-state index contributed by atoms with van der Waals surface area (Å²) < 4.78 is 1.87. The van der Waals surface area contributed by atoms with Crippen molar-refractivity contribution in [2.45, 2.75) is 52.5 Å². The van der Waals surface area contributed by atoms with Crippen LogP contribution in [0.2, 0.25) is 0 Å². The second-order valence-corrected chi connectivity index (χ2v) is 9.19. The summed E-state index contributed by atoms with van der Waals surface area (Å²) in [5.41, 5.74) is 2.15. The van der Waals surface area contributed by atoms with Crippen molar-refractivity contribution in [1.29, 1.82) is 0 Å². The van der Waals surface area contributed by atoms with Crippen LogP contribution in [0.25, 0.3) is 10.2 Å². The molecule has 1 unspecified atom stereocenters. The van der Waals surface area contributed by atoms with Crippen LogP contribution >= 0.6 is 11.3 Å². The van der Waals surface area contributed by atoms with Gasteiger partial charge in [-0.05, 0) is 51.7 Å². The Bertz CT molecular complexity index is 1110. The topological polar surface area (TPSA) is 55.2 Å². The lowest BCUT2D eigenvalue weighted by Crippen LogP contribution is -2.43. The number of hydrogen-bond donors (Lipinski definition) is 0. The minimum Gasteiger partial charge on any atom is -0.342 e. The third kappa shape index (κ3) is 3.50. The maximum Gasteiger partial charge on any atom is 0.262 e. The number of amides is 1. The molecule has 0 saturated carbocycles. The van der Waals surface area contributed by atoms with Crippen LogP contribution in [0, 0.1) is 20.8 Å². The van der Waals surface area contributed by atoms with Crippen molar-refractivity contribution in [3.8, 4) is 0 Å². The van der Waals surface area contributed by atoms with Crippen LogP contribution in [-0.4, -0.2) is 33.4 Å². The van der Waals surface area contributed by atoms with Gasteiger partial charge in [0.1, 0.15) is 10.7 Å². The van der Waals surface area contributed by atoms with Crippen molar-refractivity contribution in [2.75, 3.05) is 13.1 Å². The second-order valence-electron chi connectivity index (χ2n) is 7.99. The van der Waals surface area contributed by atoms with Gasteiger partial charge in [-0.3, -0.25) is 14.2 Å². The molecule has 5 nitrogen and oxygen atoms in total. The molecule has 0 radical (unpaired) electrons. The summed E-state index contributed by atoms with van der Waals surface area (Å²) in [5.74, 6) is 0.787. The standard InChI is InChI=1S/C23H27N3O2S/c1-14-16(3)29-21-20(14)23(28)26(17(4)24-21)19-10-12-25(13-11-19)22(27)15(2)18-8-6-5-7-9-18/h5-9,15,19H,10-13H2,1-4H3. The number of benzene rings is 1. The van der Waals surface area contributed by atoms with Gasteiger partial charge in [-0.2, -0.15) is 0 Å². The Hall–Kier alpha value is -2.47. The number of thiophene rings is 1. The van der Waals surface area contributed by atoms with Gasteiger partial charge >= 0.3 is 0 Å². The normalized spacial score (nSPS) is 16.3. The summed E-state index contributed by atoms with van der Waals surface area (Å²) >= 11 is 1.59. The van der Waals surface area contributed by atoms with Gasteiger partial charge < -0.3 is 4.90 Å². The first-order valence-corrected chi connectivity index (χ1v) is 11.0. The fourth-order valence-corrected chi connectivity index (χ4v) is 5.41. The van der Waals surface area contributed by atoms with E-state index < -0.39 is 0 Å². The van der Waals surface area contributed by atoms with Gasteiger partial charge in [-0.25, -0.2) is 4.98 Å². The van der Waals surface area contributed by atoms with Gasteiger partial charge in [0.2, 0.25) is 5.91 Å². The molecule has 6 heteroatoms. The SMILES string of the molecule is Cc1sc2nc(C)n(C3CCN(C(=O)C(C)c4ccccc4)CC3)c(=O)c2c1C. The van der Waals surface area contributed by atoms with E-state index in [1.54, 1.807) is 11.3 Å². The zero-order valence-corrected chi connectivity index (χ0v) is 18.3. The van der Waals surface area contributed by atoms with Gasteiger partial charge in [0.05, 0.1) is 11.3 Å². The molecular weight excluding hydrogens is 382 g/mol. The number of carbonyl (C=O) groups is 1. The van der Waals surface area contributed by atoms with E-state index in [2.05, 4.69) is 0 Å². The Morgan fingerprint density at radius 2 is 1.79 bits per heavy atom. The molecule has 0 bridgehead atoms. The molecular formula is C23H27N3O2S. The minimum absolute atomic E-state index is 0.0665. The number of aromatic nitrogens is 2. The maximum absolute atomic E-state index is 13.2. The molecule has 0 aliphatic carbocycles. The molecule has 0 spiro atoms. The van der Waals surface area contributed by atoms with Crippen LogP contribution in [0.4, 0.5) is 0 Å². The lowest BCUT2D eigenvalue weighted by molar-refractivity contribution is -0.133. The van der Waals surface area contributed by atoms with E-state index in [9.17, 15) is 9.59 Å². The van der Waals surface area contributed by atoms with Gasteiger partial charge in [-0.15, -0.1) is 11.3 Å². The van der Waals surface area contributed by atoms with Crippen molar-refractivity contribution in [3.63, 3.8) is 0 Å². The third-order valence-corrected chi connectivity index (χ3v) is 7.32. The molecule has 29 heavy (non-hydrogen) atoms. The quantitative estimate of drug-likeness (QED) is 0.646. The van der Waals surface area contributed by atoms with E-state index in [-0.39, 0.29) is 23.4 Å². The molecule has 2 aromatic heterocycles. The predicted molar refractivity (Wildman–Crippen MR) is 118 cm³/mol. The molecule has 1 fully saturated rings. The first kappa shape index (κ1) is 19.8. The number of hydrogen-bond acceptors (Lipinski definition) is 4. The highest BCUT2D eigenvalue weighted by Crippen LogP contribution is 2.29. The van der Waals surface area contributed by atoms with Crippen molar-refractivity contribution in [3.05, 3.63) is 62.5 Å². The highest BCUT2D eigenvalue weighted by molar-refractivity contribution is 7.18. The Balaban J connectivity index is 1.54. The van der Waals surface area contributed by atoms with Gasteiger partial charge in [0.25, 0.3) is 5.56 Å². The van der Waals surface area contributed by atoms with E-state index in [4.69, 9.17) is 4.98 Å². The number of fused-ring (bicyclic) bond motifs is 1. The van der Waals surface area contributed by atoms with E-state index in [0.717, 1.165) is 44.9 Å². The van der Waals surface area contributed by atoms with E-state index >= 15 is 0 Å². The molecule has 1 atom stereocenters. The fraction of sp³-hybridized carbons (Fsp3) is 0.435. The molecule has 1 amide bonds. The Morgan fingerprint density at radius 1 is 1.14 bits per heavy atom. The lowest BCUT2D eigenvalue weighted by atomic mass is 9.97. The minimum atomic E-state index is -0.147. The van der Waals surface area contributed by atoms with E-state index in [1.807, 2.05) is 67.5 Å². The van der Waals surface area contributed by atoms with Crippen molar-refractivity contribution in [1.82, 2.24) is 14.5 Å². The highest BCUT2D eigenvalue weighted by Gasteiger charge is 2.29. The molecule has 1 aromatic carbocycles. The average Bonchev–Trinajstić information content (AvgIpc) is 3.01. The summed E-state index contributed by atoms with van der Waals surface area (Å²) in [6, 6.07) is 10.0. The maximum atomic E-state index is 13.2. The largest absolute Gasteiger partial charge is 0.342 e. The first-order chi connectivity index (χ1) is 13.9. The zero-order chi connectivity index (χ0) is 20.7. The van der Waals surface area contributed by atoms with Crippen LogP contribution in [0.3, 0.4) is 0 Å². The van der Waals surface area contributed by atoms with Crippen molar-refractivity contribution in [2.24, 2.45) is 0 Å². The van der Waals surface area contributed by atoms with E-state index in [1.165, 1.54) is 0 Å². The molecule has 152 valence electrons. The average molecular weight is 410 g/mol. The van der Waals surface area contributed by atoms with Gasteiger partial charge in [0.15, 0.2) is 0 Å². The van der Waals surface area contributed by atoms with Gasteiger partial charge in [0, 0.05) is 24.0 Å². The Kier molecular flexibility index (Phi) is 5.30. The molecule has 3 aromatic rings. The summed E-state index contributed by atoms with van der Waals surface area (Å²) in [7, 11) is 0. The summed E-state index contributed by atoms with van der Waals surface area (Å²) in [4.78, 5) is 34.8. The molecule has 1 aliphatic heterocycles. The van der Waals surface area contributed by atoms with Crippen LogP contribution in [-0.2, 0) is 4.79 Å². The lowest BCUT2D eigenvalue weighted by Gasteiger charge is -2.35. The summed E-state index contributed by atoms with van der Waals surface area (Å²) in [5, 5.41) is 0.759. The fourth-order valence-electron chi connectivity index (χ4n) is 4.34. The molecule has 3 heterocycles. The second kappa shape index (κ2) is 7.75. The summed E-state index contributed by atoms with van der Waals surface area (Å²) in [6.45, 7) is 9.28. The van der Waals surface area contributed by atoms with Crippen LogP contribution in [0.5, 0.6) is 0 Å². The van der Waals surface area contributed by atoms with Crippen LogP contribution in [0.1, 0.15) is 53.6 Å². The Labute approximate surface area is 175 Å². The number of rotatable bonds is 3. The van der Waals surface area contributed by atoms with Crippen LogP contribution in [0.15, 0.2) is 35.1 Å². The molecule has 0 N–H and O–H groups in total. The molecule has 4 rings (SSSR count). The molecule has 1 aliphatic rings. The van der Waals surface area contributed by atoms with Crippen molar-refractivity contribution >= 4 is 27.5 Å². The number of carbonyl (C=O) groups excluding carboxylic acids is 1. The van der Waals surface area contributed by atoms with Crippen LogP contribution < -0.4 is 5.56 Å². The number of piperidine rings is 1. The van der Waals surface area contributed by atoms with E-state index in [0.29, 0.717) is 13.1 Å². The van der Waals surface area contributed by atoms with Gasteiger partial charge in [-0.1, -0.05) is 30.3 Å². The first-order valence-electron chi connectivity index (χ1n) is 10.2. The smallest absolute Gasteiger partial charge is 0.262 e. The number of nitrogens with zero attached hydrogens (tertiary/aromatic N) is 3. The highest BCUT2D eigenvalue weighted by atomic mass is 32.1. The number of aryl methyl sites for hydroxylation is 3. The molecule has 1 saturated heterocycles. The number of likely N-dealkylation sites (tertiary alicyclic amines) is 1. The summed E-state index contributed by atoms with van der Waals surface area (Å²) in [6.07, 6.45) is 1.56. The zero-order valence-electron chi connectivity index (χ0n) is 17.4. The predicted octanol–water partition coefficient (Wildman–Crippen LogP) is 4.35. The third-order valence-electron chi connectivity index (χ3n) is 6.22. The monoisotopic (exact) mass is 409 g/mol. The Morgan fingerprint density at radius 3 is 2.45 bits per heavy atom.